The molecule has 0 bridgehead atoms. The number of hydrogen-bond donors (Lipinski definition) is 2. The van der Waals surface area contributed by atoms with Gasteiger partial charge in [0, 0.05) is 6.04 Å². The first-order valence-electron chi connectivity index (χ1n) is 8.08. The molecule has 1 rings (SSSR count). The van der Waals surface area contributed by atoms with Crippen molar-refractivity contribution in [3.63, 3.8) is 0 Å². The van der Waals surface area contributed by atoms with E-state index in [4.69, 9.17) is 4.74 Å². The molecular formula is C16H30N2O3. The summed E-state index contributed by atoms with van der Waals surface area (Å²) in [4.78, 5) is 24.2. The third-order valence-electron chi connectivity index (χ3n) is 3.81. The summed E-state index contributed by atoms with van der Waals surface area (Å²) in [5.41, 5.74) is -0.379. The summed E-state index contributed by atoms with van der Waals surface area (Å²) in [6.07, 6.45) is 6.18. The van der Waals surface area contributed by atoms with Gasteiger partial charge in [-0.05, 0) is 24.7 Å². The van der Waals surface area contributed by atoms with Crippen molar-refractivity contribution < 1.29 is 14.3 Å². The van der Waals surface area contributed by atoms with Crippen LogP contribution < -0.4 is 10.6 Å². The minimum Gasteiger partial charge on any atom is -0.464 e. The number of ether oxygens (including phenoxy) is 1. The standard InChI is InChI=1S/C16H30N2O3/c1-5-6-11-21-14(19)13(16(2,3)4)18-15(20)17-12-9-7-8-10-12/h12-13H,5-11H2,1-4H3,(H2,17,18,20)/t13-/m1/s1. The average Bonchev–Trinajstić information content (AvgIpc) is 2.87. The number of carbonyl (C=O) groups is 2. The van der Waals surface area contributed by atoms with E-state index in [0.717, 1.165) is 38.5 Å². The molecule has 0 heterocycles. The number of urea groups is 1. The van der Waals surface area contributed by atoms with Gasteiger partial charge in [-0.1, -0.05) is 47.0 Å². The SMILES string of the molecule is CCCCOC(=O)[C@@H](NC(=O)NC1CCCC1)C(C)(C)C. The second-order valence-corrected chi connectivity index (χ2v) is 6.92. The molecule has 0 aromatic rings. The van der Waals surface area contributed by atoms with E-state index in [0.29, 0.717) is 6.61 Å². The smallest absolute Gasteiger partial charge is 0.329 e. The quantitative estimate of drug-likeness (QED) is 0.585. The van der Waals surface area contributed by atoms with E-state index < -0.39 is 6.04 Å². The van der Waals surface area contributed by atoms with Crippen LogP contribution in [0.15, 0.2) is 0 Å². The molecule has 0 radical (unpaired) electrons. The number of esters is 1. The average molecular weight is 298 g/mol. The molecule has 2 N–H and O–H groups in total. The topological polar surface area (TPSA) is 67.4 Å². The van der Waals surface area contributed by atoms with Crippen molar-refractivity contribution in [3.8, 4) is 0 Å². The van der Waals surface area contributed by atoms with Gasteiger partial charge in [0.15, 0.2) is 0 Å². The second kappa shape index (κ2) is 8.25. The van der Waals surface area contributed by atoms with Gasteiger partial charge in [0.1, 0.15) is 6.04 Å². The zero-order valence-corrected chi connectivity index (χ0v) is 13.8. The van der Waals surface area contributed by atoms with E-state index in [9.17, 15) is 9.59 Å². The highest BCUT2D eigenvalue weighted by molar-refractivity contribution is 5.84. The van der Waals surface area contributed by atoms with Gasteiger partial charge in [0.2, 0.25) is 0 Å². The molecule has 1 aliphatic carbocycles. The van der Waals surface area contributed by atoms with E-state index >= 15 is 0 Å². The molecule has 122 valence electrons. The molecule has 0 unspecified atom stereocenters. The number of hydrogen-bond acceptors (Lipinski definition) is 3. The fourth-order valence-electron chi connectivity index (χ4n) is 2.46. The van der Waals surface area contributed by atoms with Gasteiger partial charge < -0.3 is 15.4 Å². The van der Waals surface area contributed by atoms with Crippen molar-refractivity contribution in [2.24, 2.45) is 5.41 Å². The molecule has 1 fully saturated rings. The van der Waals surface area contributed by atoms with Crippen molar-refractivity contribution >= 4 is 12.0 Å². The van der Waals surface area contributed by atoms with Gasteiger partial charge in [0.05, 0.1) is 6.61 Å². The van der Waals surface area contributed by atoms with Crippen LogP contribution in [0.3, 0.4) is 0 Å². The summed E-state index contributed by atoms with van der Waals surface area (Å²) >= 11 is 0. The predicted octanol–water partition coefficient (Wildman–Crippen LogP) is 2.99. The van der Waals surface area contributed by atoms with Crippen LogP contribution in [0.1, 0.15) is 66.2 Å². The molecule has 1 saturated carbocycles. The Morgan fingerprint density at radius 2 is 1.86 bits per heavy atom. The first-order chi connectivity index (χ1) is 9.84. The summed E-state index contributed by atoms with van der Waals surface area (Å²) in [5.74, 6) is -0.350. The van der Waals surface area contributed by atoms with E-state index in [1.165, 1.54) is 0 Å². The molecule has 5 nitrogen and oxygen atoms in total. The van der Waals surface area contributed by atoms with Gasteiger partial charge in [0.25, 0.3) is 0 Å². The maximum atomic E-state index is 12.2. The van der Waals surface area contributed by atoms with E-state index in [2.05, 4.69) is 10.6 Å². The number of carbonyl (C=O) groups excluding carboxylic acids is 2. The Labute approximate surface area is 128 Å². The van der Waals surface area contributed by atoms with Gasteiger partial charge in [-0.15, -0.1) is 0 Å². The number of amides is 2. The Hall–Kier alpha value is -1.26. The molecule has 21 heavy (non-hydrogen) atoms. The van der Waals surface area contributed by atoms with Gasteiger partial charge in [-0.3, -0.25) is 0 Å². The van der Waals surface area contributed by atoms with Crippen LogP contribution in [0.4, 0.5) is 4.79 Å². The van der Waals surface area contributed by atoms with Crippen molar-refractivity contribution in [1.82, 2.24) is 10.6 Å². The molecule has 5 heteroatoms. The van der Waals surface area contributed by atoms with Crippen molar-refractivity contribution in [3.05, 3.63) is 0 Å². The fraction of sp³-hybridized carbons (Fsp3) is 0.875. The molecular weight excluding hydrogens is 268 g/mol. The van der Waals surface area contributed by atoms with Crippen LogP contribution in [-0.4, -0.2) is 30.7 Å². The third kappa shape index (κ3) is 6.36. The predicted molar refractivity (Wildman–Crippen MR) is 83.0 cm³/mol. The Kier molecular flexibility index (Phi) is 6.99. The summed E-state index contributed by atoms with van der Waals surface area (Å²) in [6, 6.07) is -0.660. The lowest BCUT2D eigenvalue weighted by molar-refractivity contribution is -0.148. The molecule has 0 aromatic heterocycles. The maximum Gasteiger partial charge on any atom is 0.329 e. The zero-order valence-electron chi connectivity index (χ0n) is 13.8. The number of nitrogens with one attached hydrogen (secondary N) is 2. The Morgan fingerprint density at radius 3 is 2.38 bits per heavy atom. The molecule has 0 saturated heterocycles. The maximum absolute atomic E-state index is 12.2. The van der Waals surface area contributed by atoms with Crippen LogP contribution >= 0.6 is 0 Å². The van der Waals surface area contributed by atoms with Crippen LogP contribution in [-0.2, 0) is 9.53 Å². The number of unbranched alkanes of at least 4 members (excludes halogenated alkanes) is 1. The Balaban J connectivity index is 2.52. The second-order valence-electron chi connectivity index (χ2n) is 6.92. The van der Waals surface area contributed by atoms with Gasteiger partial charge in [-0.25, -0.2) is 9.59 Å². The minimum absolute atomic E-state index is 0.238. The molecule has 0 spiro atoms. The number of rotatable bonds is 6. The van der Waals surface area contributed by atoms with Crippen LogP contribution in [0.2, 0.25) is 0 Å². The third-order valence-corrected chi connectivity index (χ3v) is 3.81. The van der Waals surface area contributed by atoms with Crippen LogP contribution in [0.5, 0.6) is 0 Å². The lowest BCUT2D eigenvalue weighted by atomic mass is 9.87. The minimum atomic E-state index is -0.629. The zero-order chi connectivity index (χ0) is 15.9. The fourth-order valence-corrected chi connectivity index (χ4v) is 2.46. The first-order valence-corrected chi connectivity index (χ1v) is 8.08. The molecule has 2 amide bonds. The molecule has 0 aromatic carbocycles. The highest BCUT2D eigenvalue weighted by Crippen LogP contribution is 2.21. The molecule has 1 aliphatic rings. The van der Waals surface area contributed by atoms with E-state index in [1.54, 1.807) is 0 Å². The highest BCUT2D eigenvalue weighted by Gasteiger charge is 2.34. The summed E-state index contributed by atoms with van der Waals surface area (Å²) < 4.78 is 5.26. The Bertz CT molecular complexity index is 344. The molecule has 1 atom stereocenters. The monoisotopic (exact) mass is 298 g/mol. The van der Waals surface area contributed by atoms with E-state index in [1.807, 2.05) is 27.7 Å². The first kappa shape index (κ1) is 17.8. The van der Waals surface area contributed by atoms with Crippen molar-refractivity contribution in [2.75, 3.05) is 6.61 Å². The summed E-state index contributed by atoms with van der Waals surface area (Å²) in [7, 11) is 0. The normalized spacial score (nSPS) is 17.3. The van der Waals surface area contributed by atoms with Gasteiger partial charge in [-0.2, -0.15) is 0 Å². The van der Waals surface area contributed by atoms with Crippen molar-refractivity contribution in [2.45, 2.75) is 78.3 Å². The summed E-state index contributed by atoms with van der Waals surface area (Å²) in [5, 5.41) is 5.73. The lowest BCUT2D eigenvalue weighted by Gasteiger charge is -2.30. The largest absolute Gasteiger partial charge is 0.464 e. The van der Waals surface area contributed by atoms with E-state index in [-0.39, 0.29) is 23.5 Å². The van der Waals surface area contributed by atoms with Crippen LogP contribution in [0.25, 0.3) is 0 Å². The summed E-state index contributed by atoms with van der Waals surface area (Å²) in [6.45, 7) is 8.23. The molecule has 0 aliphatic heterocycles. The van der Waals surface area contributed by atoms with Crippen molar-refractivity contribution in [1.29, 1.82) is 0 Å². The Morgan fingerprint density at radius 1 is 1.24 bits per heavy atom. The highest BCUT2D eigenvalue weighted by atomic mass is 16.5. The lowest BCUT2D eigenvalue weighted by Crippen LogP contribution is -2.54. The van der Waals surface area contributed by atoms with Gasteiger partial charge >= 0.3 is 12.0 Å². The van der Waals surface area contributed by atoms with Crippen LogP contribution in [0, 0.1) is 5.41 Å².